The normalized spacial score (nSPS) is 23.6. The van der Waals surface area contributed by atoms with Crippen LogP contribution in [0.25, 0.3) is 0 Å². The van der Waals surface area contributed by atoms with Gasteiger partial charge < -0.3 is 9.84 Å². The molecule has 2 rings (SSSR count). The molecule has 2 unspecified atom stereocenters. The molecule has 2 N–H and O–H groups in total. The third kappa shape index (κ3) is 2.25. The van der Waals surface area contributed by atoms with Crippen molar-refractivity contribution < 1.29 is 27.6 Å². The van der Waals surface area contributed by atoms with Crippen LogP contribution in [0.15, 0.2) is 24.3 Å². The fraction of sp³-hybridized carbons (Fsp3) is 0.300. The Morgan fingerprint density at radius 1 is 1.35 bits per heavy atom. The Kier molecular flexibility index (Phi) is 2.80. The van der Waals surface area contributed by atoms with Gasteiger partial charge in [0.2, 0.25) is 5.44 Å². The minimum atomic E-state index is -4.42. The number of para-hydroxylation sites is 1. The van der Waals surface area contributed by atoms with Crippen molar-refractivity contribution in [3.05, 3.63) is 29.8 Å². The standard InChI is InChI=1S/C10H10O6S/c11-10(12)7-5-9(17(13,14)15)16-8-4-2-1-3-6(7)8/h1-4,7,9H,5H2,(H,11,12)(H,13,14,15). The van der Waals surface area contributed by atoms with Crippen LogP contribution >= 0.6 is 0 Å². The number of hydrogen-bond donors (Lipinski definition) is 2. The van der Waals surface area contributed by atoms with Crippen LogP contribution in [0.2, 0.25) is 0 Å². The van der Waals surface area contributed by atoms with Crippen LogP contribution in [-0.2, 0) is 14.9 Å². The van der Waals surface area contributed by atoms with Gasteiger partial charge in [0, 0.05) is 12.0 Å². The minimum absolute atomic E-state index is 0.175. The molecule has 0 aliphatic carbocycles. The number of carboxylic acids is 1. The monoisotopic (exact) mass is 258 g/mol. The molecule has 1 heterocycles. The Morgan fingerprint density at radius 3 is 2.59 bits per heavy atom. The van der Waals surface area contributed by atoms with E-state index in [1.807, 2.05) is 0 Å². The van der Waals surface area contributed by atoms with Crippen molar-refractivity contribution in [1.82, 2.24) is 0 Å². The number of carbonyl (C=O) groups is 1. The number of aliphatic carboxylic acids is 1. The zero-order valence-corrected chi connectivity index (χ0v) is 9.42. The summed E-state index contributed by atoms with van der Waals surface area (Å²) in [6.07, 6.45) is -0.300. The molecular formula is C10H10O6S. The van der Waals surface area contributed by atoms with Crippen LogP contribution in [0.5, 0.6) is 5.75 Å². The van der Waals surface area contributed by atoms with E-state index >= 15 is 0 Å². The second-order valence-corrected chi connectivity index (χ2v) is 5.28. The predicted octanol–water partition coefficient (Wildman–Crippen LogP) is 0.851. The number of rotatable bonds is 2. The molecular weight excluding hydrogens is 248 g/mol. The van der Waals surface area contributed by atoms with E-state index in [1.54, 1.807) is 18.2 Å². The Hall–Kier alpha value is -1.60. The van der Waals surface area contributed by atoms with E-state index in [9.17, 15) is 13.2 Å². The maximum atomic E-state index is 11.1. The highest BCUT2D eigenvalue weighted by molar-refractivity contribution is 7.86. The Bertz CT molecular complexity index is 550. The van der Waals surface area contributed by atoms with Crippen molar-refractivity contribution in [3.8, 4) is 5.75 Å². The van der Waals surface area contributed by atoms with Gasteiger partial charge in [-0.2, -0.15) is 8.42 Å². The smallest absolute Gasteiger partial charge is 0.311 e. The van der Waals surface area contributed by atoms with Gasteiger partial charge in [0.15, 0.2) is 0 Å². The lowest BCUT2D eigenvalue weighted by Crippen LogP contribution is -2.35. The summed E-state index contributed by atoms with van der Waals surface area (Å²) in [5, 5.41) is 9.04. The van der Waals surface area contributed by atoms with E-state index in [1.165, 1.54) is 6.07 Å². The fourth-order valence-corrected chi connectivity index (χ4v) is 2.46. The molecule has 0 aromatic heterocycles. The number of carboxylic acid groups (broad SMARTS) is 1. The van der Waals surface area contributed by atoms with E-state index in [0.29, 0.717) is 5.56 Å². The van der Waals surface area contributed by atoms with Crippen molar-refractivity contribution in [2.45, 2.75) is 17.8 Å². The highest BCUT2D eigenvalue weighted by Gasteiger charge is 2.38. The van der Waals surface area contributed by atoms with Crippen LogP contribution in [-0.4, -0.2) is 29.5 Å². The average molecular weight is 258 g/mol. The third-order valence-electron chi connectivity index (χ3n) is 2.61. The fourth-order valence-electron chi connectivity index (χ4n) is 1.80. The molecule has 92 valence electrons. The molecule has 1 aromatic carbocycles. The van der Waals surface area contributed by atoms with E-state index in [4.69, 9.17) is 14.4 Å². The summed E-state index contributed by atoms with van der Waals surface area (Å²) in [6.45, 7) is 0. The number of fused-ring (bicyclic) bond motifs is 1. The van der Waals surface area contributed by atoms with Crippen molar-refractivity contribution in [3.63, 3.8) is 0 Å². The summed E-state index contributed by atoms with van der Waals surface area (Å²) < 4.78 is 36.0. The summed E-state index contributed by atoms with van der Waals surface area (Å²) in [6, 6.07) is 6.28. The molecule has 7 heteroatoms. The summed E-state index contributed by atoms with van der Waals surface area (Å²) >= 11 is 0. The second kappa shape index (κ2) is 4.01. The molecule has 6 nitrogen and oxygen atoms in total. The van der Waals surface area contributed by atoms with Crippen LogP contribution in [0.3, 0.4) is 0 Å². The predicted molar refractivity (Wildman–Crippen MR) is 57.4 cm³/mol. The van der Waals surface area contributed by atoms with Gasteiger partial charge in [0.1, 0.15) is 5.75 Å². The number of hydrogen-bond acceptors (Lipinski definition) is 4. The van der Waals surface area contributed by atoms with Crippen LogP contribution < -0.4 is 4.74 Å². The van der Waals surface area contributed by atoms with Gasteiger partial charge in [-0.15, -0.1) is 0 Å². The Morgan fingerprint density at radius 2 is 2.00 bits per heavy atom. The molecule has 0 fully saturated rings. The Labute approximate surface area is 97.6 Å². The molecule has 0 bridgehead atoms. The molecule has 1 aliphatic rings. The topological polar surface area (TPSA) is 101 Å². The lowest BCUT2D eigenvalue weighted by molar-refractivity contribution is -0.139. The highest BCUT2D eigenvalue weighted by Crippen LogP contribution is 2.37. The molecule has 17 heavy (non-hydrogen) atoms. The summed E-state index contributed by atoms with van der Waals surface area (Å²) in [4.78, 5) is 11.1. The quantitative estimate of drug-likeness (QED) is 0.763. The molecule has 0 amide bonds. The zero-order chi connectivity index (χ0) is 12.6. The van der Waals surface area contributed by atoms with Crippen LogP contribution in [0, 0.1) is 0 Å². The third-order valence-corrected chi connectivity index (χ3v) is 3.56. The molecule has 2 atom stereocenters. The van der Waals surface area contributed by atoms with Crippen molar-refractivity contribution in [2.24, 2.45) is 0 Å². The summed E-state index contributed by atoms with van der Waals surface area (Å²) in [5.41, 5.74) is -1.11. The van der Waals surface area contributed by atoms with Crippen LogP contribution in [0.4, 0.5) is 0 Å². The molecule has 1 aliphatic heterocycles. The lowest BCUT2D eigenvalue weighted by atomic mass is 9.93. The van der Waals surface area contributed by atoms with Gasteiger partial charge in [0.05, 0.1) is 5.92 Å². The summed E-state index contributed by atoms with van der Waals surface area (Å²) in [5.74, 6) is -1.96. The molecule has 0 spiro atoms. The Balaban J connectivity index is 2.47. The van der Waals surface area contributed by atoms with Crippen molar-refractivity contribution >= 4 is 16.1 Å². The van der Waals surface area contributed by atoms with E-state index < -0.39 is 27.4 Å². The van der Waals surface area contributed by atoms with Gasteiger partial charge in [0.25, 0.3) is 0 Å². The molecule has 0 radical (unpaired) electrons. The molecule has 1 aromatic rings. The average Bonchev–Trinajstić information content (AvgIpc) is 2.26. The summed E-state index contributed by atoms with van der Waals surface area (Å²) in [7, 11) is -4.42. The van der Waals surface area contributed by atoms with E-state index in [-0.39, 0.29) is 12.2 Å². The number of benzene rings is 1. The largest absolute Gasteiger partial charge is 0.481 e. The van der Waals surface area contributed by atoms with Crippen molar-refractivity contribution in [1.29, 1.82) is 0 Å². The minimum Gasteiger partial charge on any atom is -0.481 e. The molecule has 0 saturated carbocycles. The maximum Gasteiger partial charge on any atom is 0.311 e. The SMILES string of the molecule is O=C(O)C1CC(S(=O)(=O)O)Oc2ccccc21. The first-order valence-corrected chi connectivity index (χ1v) is 6.34. The highest BCUT2D eigenvalue weighted by atomic mass is 32.2. The first kappa shape index (κ1) is 11.9. The van der Waals surface area contributed by atoms with E-state index in [0.717, 1.165) is 0 Å². The van der Waals surface area contributed by atoms with Gasteiger partial charge in [-0.25, -0.2) is 0 Å². The molecule has 0 saturated heterocycles. The van der Waals surface area contributed by atoms with Crippen LogP contribution in [0.1, 0.15) is 17.9 Å². The maximum absolute atomic E-state index is 11.1. The second-order valence-electron chi connectivity index (χ2n) is 3.73. The van der Waals surface area contributed by atoms with E-state index in [2.05, 4.69) is 0 Å². The lowest BCUT2D eigenvalue weighted by Gasteiger charge is -2.28. The van der Waals surface area contributed by atoms with Gasteiger partial charge in [-0.1, -0.05) is 18.2 Å². The van der Waals surface area contributed by atoms with Crippen molar-refractivity contribution in [2.75, 3.05) is 0 Å². The van der Waals surface area contributed by atoms with Gasteiger partial charge >= 0.3 is 16.1 Å². The first-order valence-electron chi connectivity index (χ1n) is 4.84. The zero-order valence-electron chi connectivity index (χ0n) is 8.61. The number of ether oxygens (including phenoxy) is 1. The first-order chi connectivity index (χ1) is 7.89. The van der Waals surface area contributed by atoms with Gasteiger partial charge in [-0.3, -0.25) is 9.35 Å². The van der Waals surface area contributed by atoms with Gasteiger partial charge in [-0.05, 0) is 6.07 Å².